The lowest BCUT2D eigenvalue weighted by atomic mass is 9.78. The Morgan fingerprint density at radius 2 is 1.75 bits per heavy atom. The topological polar surface area (TPSA) is 69.2 Å². The van der Waals surface area contributed by atoms with Crippen LogP contribution in [0.4, 0.5) is 10.2 Å². The third kappa shape index (κ3) is 2.93. The Morgan fingerprint density at radius 3 is 2.36 bits per heavy atom. The molecule has 1 saturated heterocycles. The second-order valence-corrected chi connectivity index (χ2v) is 7.84. The molecule has 1 aliphatic rings. The first-order chi connectivity index (χ1) is 13.2. The van der Waals surface area contributed by atoms with Gasteiger partial charge in [-0.1, -0.05) is 6.07 Å². The number of hydrogen-bond donors (Lipinski definition) is 1. The maximum absolute atomic E-state index is 15.5. The SMILES string of the molecule is CNc1nc(-c2cccnc2)nc2c(F)c(B3OC(C)(C)C(C)(C)O3)ccc12. The molecule has 0 atom stereocenters. The van der Waals surface area contributed by atoms with Gasteiger partial charge in [-0.15, -0.1) is 0 Å². The molecule has 0 unspecified atom stereocenters. The van der Waals surface area contributed by atoms with Crippen molar-refractivity contribution >= 4 is 29.3 Å². The molecule has 0 amide bonds. The summed E-state index contributed by atoms with van der Waals surface area (Å²) in [5, 5.41) is 3.61. The molecule has 8 heteroatoms. The summed E-state index contributed by atoms with van der Waals surface area (Å²) in [7, 11) is 0.943. The van der Waals surface area contributed by atoms with E-state index < -0.39 is 24.1 Å². The Kier molecular flexibility index (Phi) is 4.35. The van der Waals surface area contributed by atoms with Crippen LogP contribution >= 0.6 is 0 Å². The van der Waals surface area contributed by atoms with Crippen LogP contribution in [0.3, 0.4) is 0 Å². The third-order valence-corrected chi connectivity index (χ3v) is 5.50. The lowest BCUT2D eigenvalue weighted by molar-refractivity contribution is 0.00578. The maximum atomic E-state index is 15.5. The molecule has 0 radical (unpaired) electrons. The van der Waals surface area contributed by atoms with Gasteiger partial charge in [0.2, 0.25) is 0 Å². The minimum absolute atomic E-state index is 0.213. The highest BCUT2D eigenvalue weighted by molar-refractivity contribution is 6.62. The summed E-state index contributed by atoms with van der Waals surface area (Å²) < 4.78 is 27.6. The lowest BCUT2D eigenvalue weighted by Crippen LogP contribution is -2.41. The molecular formula is C20H22BFN4O2. The van der Waals surface area contributed by atoms with E-state index in [0.29, 0.717) is 28.1 Å². The standard InChI is InChI=1S/C20H22BFN4O2/c1-19(2)20(3,4)28-21(27-19)14-9-8-13-16(15(14)22)25-17(26-18(13)23-5)12-7-6-10-24-11-12/h6-11H,1-5H3,(H,23,25,26). The molecule has 0 aliphatic carbocycles. The van der Waals surface area contributed by atoms with Crippen LogP contribution in [0.5, 0.6) is 0 Å². The minimum Gasteiger partial charge on any atom is -0.399 e. The van der Waals surface area contributed by atoms with Crippen molar-refractivity contribution < 1.29 is 13.7 Å². The van der Waals surface area contributed by atoms with Crippen LogP contribution in [-0.2, 0) is 9.31 Å². The van der Waals surface area contributed by atoms with E-state index in [-0.39, 0.29) is 5.52 Å². The van der Waals surface area contributed by atoms with Gasteiger partial charge in [0.25, 0.3) is 0 Å². The van der Waals surface area contributed by atoms with Crippen molar-refractivity contribution in [2.45, 2.75) is 38.9 Å². The van der Waals surface area contributed by atoms with Gasteiger partial charge in [0.1, 0.15) is 17.2 Å². The number of nitrogens with one attached hydrogen (secondary N) is 1. The minimum atomic E-state index is -0.802. The van der Waals surface area contributed by atoms with Crippen molar-refractivity contribution in [1.82, 2.24) is 15.0 Å². The number of nitrogens with zero attached hydrogens (tertiary/aromatic N) is 3. The number of aromatic nitrogens is 3. The van der Waals surface area contributed by atoms with Crippen molar-refractivity contribution in [3.63, 3.8) is 0 Å². The number of halogens is 1. The molecule has 3 heterocycles. The Balaban J connectivity index is 1.87. The zero-order chi connectivity index (χ0) is 20.1. The molecule has 0 saturated carbocycles. The Hall–Kier alpha value is -2.58. The molecule has 0 bridgehead atoms. The molecule has 0 spiro atoms. The van der Waals surface area contributed by atoms with Gasteiger partial charge in [0.15, 0.2) is 5.82 Å². The van der Waals surface area contributed by atoms with Crippen molar-refractivity contribution in [3.8, 4) is 11.4 Å². The first-order valence-electron chi connectivity index (χ1n) is 9.17. The van der Waals surface area contributed by atoms with Crippen LogP contribution in [0, 0.1) is 5.82 Å². The average Bonchev–Trinajstić information content (AvgIpc) is 2.89. The van der Waals surface area contributed by atoms with E-state index in [1.807, 2.05) is 33.8 Å². The predicted octanol–water partition coefficient (Wildman–Crippen LogP) is 3.17. The third-order valence-electron chi connectivity index (χ3n) is 5.50. The Bertz CT molecular complexity index is 1030. The van der Waals surface area contributed by atoms with Gasteiger partial charge in [-0.2, -0.15) is 0 Å². The largest absolute Gasteiger partial charge is 0.497 e. The summed E-state index contributed by atoms with van der Waals surface area (Å²) in [6.07, 6.45) is 3.32. The smallest absolute Gasteiger partial charge is 0.399 e. The van der Waals surface area contributed by atoms with Crippen LogP contribution in [0.2, 0.25) is 0 Å². The number of pyridine rings is 1. The summed E-state index contributed by atoms with van der Waals surface area (Å²) in [4.78, 5) is 13.1. The van der Waals surface area contributed by atoms with Crippen molar-refractivity contribution in [1.29, 1.82) is 0 Å². The van der Waals surface area contributed by atoms with Crippen LogP contribution in [0.25, 0.3) is 22.3 Å². The van der Waals surface area contributed by atoms with Gasteiger partial charge in [0, 0.05) is 35.9 Å². The van der Waals surface area contributed by atoms with E-state index in [4.69, 9.17) is 9.31 Å². The fraction of sp³-hybridized carbons (Fsp3) is 0.350. The van der Waals surface area contributed by atoms with Crippen molar-refractivity contribution in [3.05, 3.63) is 42.5 Å². The van der Waals surface area contributed by atoms with Crippen LogP contribution in [0.15, 0.2) is 36.7 Å². The second-order valence-electron chi connectivity index (χ2n) is 7.84. The summed E-state index contributed by atoms with van der Waals surface area (Å²) >= 11 is 0. The molecular weight excluding hydrogens is 358 g/mol. The van der Waals surface area contributed by atoms with Gasteiger partial charge < -0.3 is 14.6 Å². The summed E-state index contributed by atoms with van der Waals surface area (Å²) in [5.74, 6) is 0.471. The molecule has 4 rings (SSSR count). The van der Waals surface area contributed by atoms with Gasteiger partial charge >= 0.3 is 7.12 Å². The fourth-order valence-corrected chi connectivity index (χ4v) is 3.14. The lowest BCUT2D eigenvalue weighted by Gasteiger charge is -2.32. The number of hydrogen-bond acceptors (Lipinski definition) is 6. The molecule has 1 N–H and O–H groups in total. The first kappa shape index (κ1) is 18.8. The van der Waals surface area contributed by atoms with E-state index in [2.05, 4.69) is 20.3 Å². The van der Waals surface area contributed by atoms with Crippen LogP contribution in [-0.4, -0.2) is 40.3 Å². The first-order valence-corrected chi connectivity index (χ1v) is 9.17. The van der Waals surface area contributed by atoms with E-state index in [1.54, 1.807) is 37.6 Å². The van der Waals surface area contributed by atoms with E-state index in [0.717, 1.165) is 0 Å². The summed E-state index contributed by atoms with van der Waals surface area (Å²) in [5.41, 5.74) is 0.138. The molecule has 1 fully saturated rings. The number of rotatable bonds is 3. The highest BCUT2D eigenvalue weighted by Crippen LogP contribution is 2.37. The van der Waals surface area contributed by atoms with Gasteiger partial charge in [-0.3, -0.25) is 4.98 Å². The van der Waals surface area contributed by atoms with Gasteiger partial charge in [-0.25, -0.2) is 14.4 Å². The zero-order valence-corrected chi connectivity index (χ0v) is 16.6. The zero-order valence-electron chi connectivity index (χ0n) is 16.6. The normalized spacial score (nSPS) is 17.9. The molecule has 6 nitrogen and oxygen atoms in total. The quantitative estimate of drug-likeness (QED) is 0.704. The molecule has 1 aromatic carbocycles. The molecule has 3 aromatic rings. The van der Waals surface area contributed by atoms with Crippen LogP contribution in [0.1, 0.15) is 27.7 Å². The fourth-order valence-electron chi connectivity index (χ4n) is 3.14. The Morgan fingerprint density at radius 1 is 1.04 bits per heavy atom. The number of anilines is 1. The summed E-state index contributed by atoms with van der Waals surface area (Å²) in [6.45, 7) is 7.75. The van der Waals surface area contributed by atoms with Crippen molar-refractivity contribution in [2.24, 2.45) is 0 Å². The molecule has 28 heavy (non-hydrogen) atoms. The molecule has 144 valence electrons. The van der Waals surface area contributed by atoms with E-state index >= 15 is 4.39 Å². The van der Waals surface area contributed by atoms with E-state index in [1.165, 1.54) is 0 Å². The summed E-state index contributed by atoms with van der Waals surface area (Å²) in [6, 6.07) is 7.09. The van der Waals surface area contributed by atoms with Gasteiger partial charge in [0.05, 0.1) is 11.2 Å². The highest BCUT2D eigenvalue weighted by atomic mass is 19.1. The number of benzene rings is 1. The Labute approximate surface area is 163 Å². The number of fused-ring (bicyclic) bond motifs is 1. The highest BCUT2D eigenvalue weighted by Gasteiger charge is 2.52. The molecule has 1 aliphatic heterocycles. The van der Waals surface area contributed by atoms with Crippen molar-refractivity contribution in [2.75, 3.05) is 12.4 Å². The monoisotopic (exact) mass is 380 g/mol. The maximum Gasteiger partial charge on any atom is 0.497 e. The predicted molar refractivity (Wildman–Crippen MR) is 108 cm³/mol. The van der Waals surface area contributed by atoms with Crippen LogP contribution < -0.4 is 10.8 Å². The average molecular weight is 380 g/mol. The second kappa shape index (κ2) is 6.50. The van der Waals surface area contributed by atoms with Gasteiger partial charge in [-0.05, 0) is 45.9 Å². The van der Waals surface area contributed by atoms with E-state index in [9.17, 15) is 0 Å². The molecule has 2 aromatic heterocycles.